The van der Waals surface area contributed by atoms with Gasteiger partial charge in [0.2, 0.25) is 11.8 Å². The average Bonchev–Trinajstić information content (AvgIpc) is 2.69. The largest absolute Gasteiger partial charge is 0.354 e. The maximum Gasteiger partial charge on any atom is 0.242 e. The van der Waals surface area contributed by atoms with E-state index in [2.05, 4.69) is 5.32 Å². The minimum absolute atomic E-state index is 0.0957. The Morgan fingerprint density at radius 2 is 1.79 bits per heavy atom. The lowest BCUT2D eigenvalue weighted by atomic mass is 10.1. The minimum atomic E-state index is -0.605. The first-order valence-electron chi connectivity index (χ1n) is 9.51. The Morgan fingerprint density at radius 3 is 2.39 bits per heavy atom. The number of nitrogens with zero attached hydrogens (tertiary/aromatic N) is 1. The third kappa shape index (κ3) is 6.06. The Labute approximate surface area is 170 Å². The maximum absolute atomic E-state index is 13.2. The van der Waals surface area contributed by atoms with Gasteiger partial charge >= 0.3 is 0 Å². The van der Waals surface area contributed by atoms with E-state index in [1.807, 2.05) is 19.9 Å². The number of carbonyl (C=O) groups excluding carboxylic acids is 2. The van der Waals surface area contributed by atoms with Gasteiger partial charge in [0, 0.05) is 18.1 Å². The van der Waals surface area contributed by atoms with Gasteiger partial charge in [0.15, 0.2) is 0 Å². The zero-order valence-corrected chi connectivity index (χ0v) is 17.0. The smallest absolute Gasteiger partial charge is 0.242 e. The van der Waals surface area contributed by atoms with Crippen LogP contribution in [0.2, 0.25) is 5.02 Å². The van der Waals surface area contributed by atoms with E-state index < -0.39 is 6.04 Å². The van der Waals surface area contributed by atoms with E-state index in [-0.39, 0.29) is 30.6 Å². The molecule has 2 amide bonds. The van der Waals surface area contributed by atoms with Gasteiger partial charge in [0.25, 0.3) is 0 Å². The summed E-state index contributed by atoms with van der Waals surface area (Å²) >= 11 is 6.20. The first kappa shape index (κ1) is 21.9. The van der Waals surface area contributed by atoms with Crippen LogP contribution in [0.1, 0.15) is 37.8 Å². The summed E-state index contributed by atoms with van der Waals surface area (Å²) in [5, 5.41) is 3.38. The lowest BCUT2D eigenvalue weighted by Crippen LogP contribution is -2.49. The number of hydrogen-bond acceptors (Lipinski definition) is 2. The molecule has 2 aromatic carbocycles. The van der Waals surface area contributed by atoms with Crippen molar-refractivity contribution < 1.29 is 14.0 Å². The molecule has 0 spiro atoms. The van der Waals surface area contributed by atoms with Gasteiger partial charge in [-0.2, -0.15) is 0 Å². The standard InChI is InChI=1S/C22H26ClFN2O2/c1-3-13-25-22(28)20(4-2)26(15-16-9-11-18(24)12-10-16)21(27)14-17-7-5-6-8-19(17)23/h5-12,20H,3-4,13-15H2,1-2H3,(H,25,28)/t20-/m0/s1. The molecule has 1 atom stereocenters. The Balaban J connectivity index is 2.27. The Hall–Kier alpha value is -2.40. The van der Waals surface area contributed by atoms with E-state index in [0.29, 0.717) is 23.6 Å². The lowest BCUT2D eigenvalue weighted by Gasteiger charge is -2.31. The Kier molecular flexibility index (Phi) is 8.45. The summed E-state index contributed by atoms with van der Waals surface area (Å²) in [6.45, 7) is 4.62. The molecule has 4 nitrogen and oxygen atoms in total. The zero-order valence-electron chi connectivity index (χ0n) is 16.3. The monoisotopic (exact) mass is 404 g/mol. The van der Waals surface area contributed by atoms with Crippen molar-refractivity contribution in [1.29, 1.82) is 0 Å². The molecule has 0 saturated heterocycles. The number of benzene rings is 2. The molecule has 0 bridgehead atoms. The molecular weight excluding hydrogens is 379 g/mol. The van der Waals surface area contributed by atoms with Crippen LogP contribution in [0.5, 0.6) is 0 Å². The highest BCUT2D eigenvalue weighted by Crippen LogP contribution is 2.19. The summed E-state index contributed by atoms with van der Waals surface area (Å²) in [7, 11) is 0. The van der Waals surface area contributed by atoms with Crippen LogP contribution >= 0.6 is 11.6 Å². The van der Waals surface area contributed by atoms with Gasteiger partial charge in [-0.25, -0.2) is 4.39 Å². The fraction of sp³-hybridized carbons (Fsp3) is 0.364. The molecule has 0 heterocycles. The summed E-state index contributed by atoms with van der Waals surface area (Å²) < 4.78 is 13.2. The number of amides is 2. The second-order valence-corrected chi connectivity index (χ2v) is 7.04. The van der Waals surface area contributed by atoms with Crippen molar-refractivity contribution in [1.82, 2.24) is 10.2 Å². The zero-order chi connectivity index (χ0) is 20.5. The lowest BCUT2D eigenvalue weighted by molar-refractivity contribution is -0.140. The van der Waals surface area contributed by atoms with Gasteiger partial charge in [-0.1, -0.05) is 55.8 Å². The molecule has 6 heteroatoms. The fourth-order valence-electron chi connectivity index (χ4n) is 2.98. The molecule has 0 unspecified atom stereocenters. The number of nitrogens with one attached hydrogen (secondary N) is 1. The quantitative estimate of drug-likeness (QED) is 0.675. The summed E-state index contributed by atoms with van der Waals surface area (Å²) in [6.07, 6.45) is 1.39. The molecule has 0 saturated carbocycles. The van der Waals surface area contributed by atoms with Crippen molar-refractivity contribution in [3.8, 4) is 0 Å². The van der Waals surface area contributed by atoms with Crippen molar-refractivity contribution in [2.75, 3.05) is 6.54 Å². The van der Waals surface area contributed by atoms with Crippen molar-refractivity contribution in [2.24, 2.45) is 0 Å². The van der Waals surface area contributed by atoms with Crippen molar-refractivity contribution in [3.63, 3.8) is 0 Å². The van der Waals surface area contributed by atoms with Gasteiger partial charge in [0.1, 0.15) is 11.9 Å². The topological polar surface area (TPSA) is 49.4 Å². The van der Waals surface area contributed by atoms with E-state index in [0.717, 1.165) is 12.0 Å². The SMILES string of the molecule is CCCNC(=O)[C@H](CC)N(Cc1ccc(F)cc1)C(=O)Cc1ccccc1Cl. The van der Waals surface area contributed by atoms with E-state index in [1.54, 1.807) is 35.2 Å². The molecule has 0 fully saturated rings. The van der Waals surface area contributed by atoms with Crippen LogP contribution < -0.4 is 5.32 Å². The number of rotatable bonds is 9. The van der Waals surface area contributed by atoms with Gasteiger partial charge in [-0.05, 0) is 42.2 Å². The summed E-state index contributed by atoms with van der Waals surface area (Å²) in [6, 6.07) is 12.5. The fourth-order valence-corrected chi connectivity index (χ4v) is 3.18. The molecule has 0 aliphatic carbocycles. The van der Waals surface area contributed by atoms with Gasteiger partial charge in [0.05, 0.1) is 6.42 Å². The van der Waals surface area contributed by atoms with Crippen LogP contribution in [0.4, 0.5) is 4.39 Å². The number of hydrogen-bond donors (Lipinski definition) is 1. The van der Waals surface area contributed by atoms with Gasteiger partial charge in [-0.3, -0.25) is 9.59 Å². The summed E-state index contributed by atoms with van der Waals surface area (Å²) in [5.41, 5.74) is 1.47. The molecule has 1 N–H and O–H groups in total. The maximum atomic E-state index is 13.2. The second kappa shape index (κ2) is 10.8. The molecule has 150 valence electrons. The number of halogens is 2. The Morgan fingerprint density at radius 1 is 1.11 bits per heavy atom. The van der Waals surface area contributed by atoms with Crippen molar-refractivity contribution >= 4 is 23.4 Å². The Bertz CT molecular complexity index is 795. The van der Waals surface area contributed by atoms with Crippen molar-refractivity contribution in [3.05, 3.63) is 70.5 Å². The van der Waals surface area contributed by atoms with Crippen LogP contribution in [0.3, 0.4) is 0 Å². The number of carbonyl (C=O) groups is 2. The second-order valence-electron chi connectivity index (χ2n) is 6.63. The van der Waals surface area contributed by atoms with Crippen LogP contribution in [-0.2, 0) is 22.6 Å². The highest BCUT2D eigenvalue weighted by Gasteiger charge is 2.28. The van der Waals surface area contributed by atoms with Gasteiger partial charge < -0.3 is 10.2 Å². The first-order chi connectivity index (χ1) is 13.5. The van der Waals surface area contributed by atoms with Crippen LogP contribution in [0.15, 0.2) is 48.5 Å². The van der Waals surface area contributed by atoms with Crippen molar-refractivity contribution in [2.45, 2.75) is 45.7 Å². The first-order valence-corrected chi connectivity index (χ1v) is 9.89. The minimum Gasteiger partial charge on any atom is -0.354 e. The normalized spacial score (nSPS) is 11.7. The molecule has 2 rings (SSSR count). The molecule has 0 aromatic heterocycles. The molecule has 0 radical (unpaired) electrons. The summed E-state index contributed by atoms with van der Waals surface area (Å²) in [5.74, 6) is -0.722. The third-order valence-corrected chi connectivity index (χ3v) is 4.87. The van der Waals surface area contributed by atoms with E-state index >= 15 is 0 Å². The highest BCUT2D eigenvalue weighted by molar-refractivity contribution is 6.31. The third-order valence-electron chi connectivity index (χ3n) is 4.50. The molecule has 0 aliphatic heterocycles. The predicted molar refractivity (Wildman–Crippen MR) is 109 cm³/mol. The van der Waals surface area contributed by atoms with Crippen LogP contribution in [-0.4, -0.2) is 29.3 Å². The summed E-state index contributed by atoms with van der Waals surface area (Å²) in [4.78, 5) is 27.3. The molecule has 2 aromatic rings. The molecule has 28 heavy (non-hydrogen) atoms. The average molecular weight is 405 g/mol. The van der Waals surface area contributed by atoms with E-state index in [1.165, 1.54) is 12.1 Å². The van der Waals surface area contributed by atoms with E-state index in [4.69, 9.17) is 11.6 Å². The highest BCUT2D eigenvalue weighted by atomic mass is 35.5. The van der Waals surface area contributed by atoms with Crippen LogP contribution in [0.25, 0.3) is 0 Å². The van der Waals surface area contributed by atoms with Crippen LogP contribution in [0, 0.1) is 5.82 Å². The predicted octanol–water partition coefficient (Wildman–Crippen LogP) is 4.36. The van der Waals surface area contributed by atoms with Gasteiger partial charge in [-0.15, -0.1) is 0 Å². The van der Waals surface area contributed by atoms with E-state index in [9.17, 15) is 14.0 Å². The molecule has 0 aliphatic rings. The molecular formula is C22H26ClFN2O2.